The number of carbonyl (C=O) groups is 3. The molecule has 2 saturated heterocycles. The first-order valence-electron chi connectivity index (χ1n) is 20.5. The van der Waals surface area contributed by atoms with Crippen molar-refractivity contribution in [1.82, 2.24) is 9.80 Å². The van der Waals surface area contributed by atoms with E-state index in [2.05, 4.69) is 46.4 Å². The molecule has 0 saturated carbocycles. The average Bonchev–Trinajstić information content (AvgIpc) is 3.77. The normalized spacial score (nSPS) is 20.6. The van der Waals surface area contributed by atoms with Crippen LogP contribution in [0.1, 0.15) is 78.7 Å². The number of halogens is 1. The Labute approximate surface area is 360 Å². The smallest absolute Gasteiger partial charge is 0.414 e. The minimum absolute atomic E-state index is 0.0893. The lowest BCUT2D eigenvalue weighted by atomic mass is 9.98. The molecular weight excluding hydrogens is 865 g/mol. The highest BCUT2D eigenvalue weighted by atomic mass is 127. The molecule has 2 unspecified atom stereocenters. The number of aliphatic imine (C=N–C) groups is 1. The van der Waals surface area contributed by atoms with Gasteiger partial charge in [-0.2, -0.15) is 0 Å². The first-order chi connectivity index (χ1) is 28.6. The highest BCUT2D eigenvalue weighted by molar-refractivity contribution is 14.1. The van der Waals surface area contributed by atoms with Crippen molar-refractivity contribution in [3.63, 3.8) is 0 Å². The van der Waals surface area contributed by atoms with Crippen LogP contribution in [0.15, 0.2) is 65.7 Å². The predicted octanol–water partition coefficient (Wildman–Crippen LogP) is 8.45. The summed E-state index contributed by atoms with van der Waals surface area (Å²) in [4.78, 5) is 51.8. The van der Waals surface area contributed by atoms with E-state index >= 15 is 0 Å². The molecule has 4 atom stereocenters. The van der Waals surface area contributed by atoms with Gasteiger partial charge in [0.25, 0.3) is 11.8 Å². The molecule has 13 nitrogen and oxygen atoms in total. The molecule has 2 fully saturated rings. The van der Waals surface area contributed by atoms with E-state index in [0.717, 1.165) is 47.1 Å². The van der Waals surface area contributed by atoms with E-state index in [1.807, 2.05) is 42.3 Å². The zero-order valence-corrected chi connectivity index (χ0v) is 36.5. The van der Waals surface area contributed by atoms with Gasteiger partial charge in [-0.1, -0.05) is 60.7 Å². The van der Waals surface area contributed by atoms with Crippen LogP contribution in [0, 0.1) is 5.92 Å². The van der Waals surface area contributed by atoms with Gasteiger partial charge in [0.15, 0.2) is 23.0 Å². The lowest BCUT2D eigenvalue weighted by Crippen LogP contribution is -2.50. The van der Waals surface area contributed by atoms with Crippen LogP contribution in [0.2, 0.25) is 0 Å². The van der Waals surface area contributed by atoms with Gasteiger partial charge in [-0.15, -0.1) is 0 Å². The molecule has 14 heteroatoms. The Morgan fingerprint density at radius 1 is 0.915 bits per heavy atom. The number of rotatable bonds is 16. The quantitative estimate of drug-likeness (QED) is 0.0651. The van der Waals surface area contributed by atoms with E-state index in [1.54, 1.807) is 48.3 Å². The molecule has 3 aromatic carbocycles. The van der Waals surface area contributed by atoms with Crippen LogP contribution in [0.4, 0.5) is 21.9 Å². The summed E-state index contributed by atoms with van der Waals surface area (Å²) in [5.41, 5.74) is 4.79. The summed E-state index contributed by atoms with van der Waals surface area (Å²) < 4.78 is 30.8. The second-order valence-electron chi connectivity index (χ2n) is 15.6. The summed E-state index contributed by atoms with van der Waals surface area (Å²) in [5.74, 6) is 1.97. The Morgan fingerprint density at radius 2 is 1.59 bits per heavy atom. The maximum Gasteiger partial charge on any atom is 0.414 e. The molecule has 4 aliphatic heterocycles. The fourth-order valence-corrected chi connectivity index (χ4v) is 8.81. The zero-order valence-electron chi connectivity index (χ0n) is 34.3. The van der Waals surface area contributed by atoms with E-state index in [0.29, 0.717) is 97.0 Å². The molecule has 4 aliphatic rings. The van der Waals surface area contributed by atoms with E-state index in [1.165, 1.54) is 0 Å². The second-order valence-corrected chi connectivity index (χ2v) is 16.7. The minimum atomic E-state index is -0.508. The number of anilines is 2. The van der Waals surface area contributed by atoms with Crippen LogP contribution in [-0.4, -0.2) is 104 Å². The first kappa shape index (κ1) is 42.1. The van der Waals surface area contributed by atoms with Crippen molar-refractivity contribution in [3.8, 4) is 23.0 Å². The summed E-state index contributed by atoms with van der Waals surface area (Å²) in [7, 11) is 3.11. The predicted molar refractivity (Wildman–Crippen MR) is 237 cm³/mol. The number of benzene rings is 3. The largest absolute Gasteiger partial charge is 0.493 e. The van der Waals surface area contributed by atoms with E-state index in [-0.39, 0.29) is 36.5 Å². The Morgan fingerprint density at radius 3 is 2.27 bits per heavy atom. The highest BCUT2D eigenvalue weighted by Crippen LogP contribution is 2.44. The van der Waals surface area contributed by atoms with Crippen LogP contribution in [0.5, 0.6) is 23.0 Å². The van der Waals surface area contributed by atoms with Crippen LogP contribution in [0.25, 0.3) is 0 Å². The van der Waals surface area contributed by atoms with Crippen LogP contribution < -0.4 is 29.2 Å². The minimum Gasteiger partial charge on any atom is -0.493 e. The van der Waals surface area contributed by atoms with Crippen molar-refractivity contribution >= 4 is 63.8 Å². The van der Waals surface area contributed by atoms with E-state index in [9.17, 15) is 14.4 Å². The molecule has 0 aromatic heterocycles. The Kier molecular flexibility index (Phi) is 13.5. The SMILES string of the molecule is C=C1CC2C=Nc3cc(OCCCCCOc4cc5c(cc4OC)C(=O)N4CC(C)C[C@H]4[C@H](CC)N5C(=O)OCc4ccc(NCCI)cc4)c(OC)cc3C(=O)N2C1. The molecule has 314 valence electrons. The molecule has 59 heavy (non-hydrogen) atoms. The van der Waals surface area contributed by atoms with Gasteiger partial charge >= 0.3 is 6.09 Å². The number of amides is 3. The molecule has 0 spiro atoms. The van der Waals surface area contributed by atoms with Gasteiger partial charge in [-0.25, -0.2) is 4.79 Å². The van der Waals surface area contributed by atoms with Gasteiger partial charge in [0.2, 0.25) is 0 Å². The third kappa shape index (κ3) is 9.12. The number of nitrogens with one attached hydrogen (secondary N) is 1. The van der Waals surface area contributed by atoms with Gasteiger partial charge in [-0.05, 0) is 74.3 Å². The van der Waals surface area contributed by atoms with Gasteiger partial charge in [0.1, 0.15) is 6.61 Å². The second kappa shape index (κ2) is 18.9. The van der Waals surface area contributed by atoms with Crippen LogP contribution >= 0.6 is 22.6 Å². The molecular formula is C45H54IN5O8. The molecule has 3 aromatic rings. The summed E-state index contributed by atoms with van der Waals surface area (Å²) in [6.07, 6.45) is 5.71. The number of nitrogens with zero attached hydrogens (tertiary/aromatic N) is 4. The average molecular weight is 920 g/mol. The summed E-state index contributed by atoms with van der Waals surface area (Å²) in [6, 6.07) is 14.3. The van der Waals surface area contributed by atoms with Crippen LogP contribution in [-0.2, 0) is 11.3 Å². The Bertz CT molecular complexity index is 2080. The summed E-state index contributed by atoms with van der Waals surface area (Å²) in [5, 5.41) is 3.36. The zero-order chi connectivity index (χ0) is 41.6. The standard InChI is InChI=1S/C45H54IN5O8/c1-6-36-38-19-29(3)26-50(38)44(53)34-21-40(56-5)42(23-37(34)51(36)45(54)59-27-30-10-12-31(13-11-30)47-15-14-46)58-17-9-7-8-16-57-41-22-35-33(20-39(41)55-4)43(52)49-25-28(2)18-32(49)24-48-35/h10-13,20-24,29,32,36,38,47H,2,6-9,14-19,25-27H2,1,3-5H3/t29?,32?,36-,38-/m0/s1. The summed E-state index contributed by atoms with van der Waals surface area (Å²) >= 11 is 2.33. The fraction of sp³-hybridized carbons (Fsp3) is 0.467. The van der Waals surface area contributed by atoms with Crippen molar-refractivity contribution in [2.45, 2.75) is 77.1 Å². The van der Waals surface area contributed by atoms with Crippen molar-refractivity contribution in [3.05, 3.63) is 77.4 Å². The number of methoxy groups -OCH3 is 2. The van der Waals surface area contributed by atoms with Crippen molar-refractivity contribution in [1.29, 1.82) is 0 Å². The molecule has 1 N–H and O–H groups in total. The molecule has 0 bridgehead atoms. The molecule has 4 heterocycles. The monoisotopic (exact) mass is 919 g/mol. The third-order valence-corrected chi connectivity index (χ3v) is 12.0. The number of fused-ring (bicyclic) bond motifs is 4. The number of hydrogen-bond donors (Lipinski definition) is 1. The van der Waals surface area contributed by atoms with Crippen LogP contribution in [0.3, 0.4) is 0 Å². The number of ether oxygens (including phenoxy) is 5. The number of alkyl halides is 1. The van der Waals surface area contributed by atoms with Crippen molar-refractivity contribution in [2.24, 2.45) is 10.9 Å². The third-order valence-electron chi connectivity index (χ3n) is 11.5. The number of unbranched alkanes of at least 4 members (excludes halogenated alkanes) is 2. The lowest BCUT2D eigenvalue weighted by molar-refractivity contribution is 0.0717. The molecule has 0 radical (unpaired) electrons. The maximum atomic E-state index is 14.2. The van der Waals surface area contributed by atoms with E-state index in [4.69, 9.17) is 23.7 Å². The highest BCUT2D eigenvalue weighted by Gasteiger charge is 2.47. The van der Waals surface area contributed by atoms with E-state index < -0.39 is 6.09 Å². The Balaban J connectivity index is 1.01. The van der Waals surface area contributed by atoms with Gasteiger partial charge in [-0.3, -0.25) is 19.5 Å². The fourth-order valence-electron chi connectivity index (χ4n) is 8.54. The number of hydrogen-bond acceptors (Lipinski definition) is 10. The first-order valence-corrected chi connectivity index (χ1v) is 22.0. The van der Waals surface area contributed by atoms with Crippen molar-refractivity contribution < 1.29 is 38.1 Å². The molecule has 0 aliphatic carbocycles. The maximum absolute atomic E-state index is 14.2. The van der Waals surface area contributed by atoms with Gasteiger partial charge in [0.05, 0.1) is 68.1 Å². The Hall–Kier alpha value is -4.99. The molecule has 7 rings (SSSR count). The number of carbonyl (C=O) groups excluding carboxylic acids is 3. The topological polar surface area (TPSA) is 131 Å². The summed E-state index contributed by atoms with van der Waals surface area (Å²) in [6.45, 7) is 11.2. The lowest BCUT2D eigenvalue weighted by Gasteiger charge is -2.35. The van der Waals surface area contributed by atoms with Crippen molar-refractivity contribution in [2.75, 3.05) is 61.7 Å². The molecule has 3 amide bonds. The van der Waals surface area contributed by atoms with Gasteiger partial charge < -0.3 is 38.8 Å². The van der Waals surface area contributed by atoms with Gasteiger partial charge in [0, 0.05) is 48.1 Å².